The van der Waals surface area contributed by atoms with E-state index in [1.54, 1.807) is 0 Å². The van der Waals surface area contributed by atoms with E-state index in [0.717, 1.165) is 40.6 Å². The molecule has 1 aromatic carbocycles. The van der Waals surface area contributed by atoms with Crippen molar-refractivity contribution >= 4 is 46.6 Å². The van der Waals surface area contributed by atoms with E-state index < -0.39 is 13.7 Å². The molecule has 1 saturated carbocycles. The molecule has 0 aliphatic heterocycles. The molecule has 1 aromatic heterocycles. The number of fused-ring (bicyclic) bond motifs is 1. The molecule has 0 bridgehead atoms. The van der Waals surface area contributed by atoms with Crippen LogP contribution in [0, 0.1) is 0 Å². The van der Waals surface area contributed by atoms with Crippen LogP contribution < -0.4 is 4.74 Å². The Labute approximate surface area is 181 Å². The summed E-state index contributed by atoms with van der Waals surface area (Å²) in [6.45, 7) is 10.7. The third kappa shape index (κ3) is 5.30. The molecule has 28 heavy (non-hydrogen) atoms. The van der Waals surface area contributed by atoms with Gasteiger partial charge in [-0.15, -0.1) is 0 Å². The number of benzene rings is 1. The number of halogens is 2. The molecule has 0 unspecified atom stereocenters. The lowest BCUT2D eigenvalue weighted by Gasteiger charge is -2.40. The lowest BCUT2D eigenvalue weighted by molar-refractivity contribution is -0.0357. The Kier molecular flexibility index (Phi) is 6.81. The summed E-state index contributed by atoms with van der Waals surface area (Å²) in [5.74, 6) is 1.88. The molecule has 8 heteroatoms. The zero-order valence-electron chi connectivity index (χ0n) is 17.1. The fourth-order valence-electron chi connectivity index (χ4n) is 3.58. The third-order valence-corrected chi connectivity index (χ3v) is 7.43. The summed E-state index contributed by atoms with van der Waals surface area (Å²) in [4.78, 5) is 4.83. The Morgan fingerprint density at radius 2 is 2.04 bits per heavy atom. The van der Waals surface area contributed by atoms with E-state index >= 15 is 0 Å². The molecule has 0 amide bonds. The number of aromatic nitrogens is 2. The highest BCUT2D eigenvalue weighted by molar-refractivity contribution is 9.09. The second-order valence-corrected chi connectivity index (χ2v) is 16.0. The Hall–Kier alpha value is -0.603. The number of ether oxygens (including phenoxy) is 2. The lowest BCUT2D eigenvalue weighted by atomic mass is 9.72. The topological polar surface area (TPSA) is 56.5 Å². The van der Waals surface area contributed by atoms with Crippen LogP contribution in [0.3, 0.4) is 0 Å². The SMILES string of the molecule is CC1(O)CC(c2nc3c(Cl)cc(OCCBr)cc3n2COCC[Si](C)(C)C)C1. The summed E-state index contributed by atoms with van der Waals surface area (Å²) < 4.78 is 13.9. The van der Waals surface area contributed by atoms with E-state index in [2.05, 4.69) is 40.1 Å². The molecule has 1 fully saturated rings. The van der Waals surface area contributed by atoms with Crippen LogP contribution in [-0.4, -0.2) is 46.9 Å². The normalized spacial score (nSPS) is 22.5. The van der Waals surface area contributed by atoms with Crippen molar-refractivity contribution in [3.8, 4) is 5.75 Å². The Bertz CT molecular complexity index is 827. The van der Waals surface area contributed by atoms with Gasteiger partial charge in [-0.25, -0.2) is 4.98 Å². The molecule has 1 aliphatic rings. The number of nitrogens with zero attached hydrogens (tertiary/aromatic N) is 2. The number of rotatable bonds is 9. The molecule has 1 aliphatic carbocycles. The van der Waals surface area contributed by atoms with E-state index in [-0.39, 0.29) is 5.92 Å². The third-order valence-electron chi connectivity index (χ3n) is 5.11. The Morgan fingerprint density at radius 3 is 2.64 bits per heavy atom. The van der Waals surface area contributed by atoms with Gasteiger partial charge in [0, 0.05) is 38.1 Å². The van der Waals surface area contributed by atoms with Gasteiger partial charge in [0.05, 0.1) is 22.7 Å². The van der Waals surface area contributed by atoms with Gasteiger partial charge in [0.2, 0.25) is 0 Å². The smallest absolute Gasteiger partial charge is 0.124 e. The summed E-state index contributed by atoms with van der Waals surface area (Å²) in [5, 5.41) is 11.5. The monoisotopic (exact) mass is 488 g/mol. The first kappa shape index (κ1) is 22.1. The molecule has 0 radical (unpaired) electrons. The molecule has 2 aromatic rings. The second-order valence-electron chi connectivity index (χ2n) is 9.16. The van der Waals surface area contributed by atoms with Gasteiger partial charge >= 0.3 is 0 Å². The van der Waals surface area contributed by atoms with Crippen molar-refractivity contribution in [1.29, 1.82) is 0 Å². The van der Waals surface area contributed by atoms with Crippen molar-refractivity contribution in [3.05, 3.63) is 23.0 Å². The van der Waals surface area contributed by atoms with Gasteiger partial charge in [0.15, 0.2) is 0 Å². The molecular weight excluding hydrogens is 460 g/mol. The van der Waals surface area contributed by atoms with Gasteiger partial charge < -0.3 is 19.1 Å². The van der Waals surface area contributed by atoms with Gasteiger partial charge in [-0.05, 0) is 25.8 Å². The standard InChI is InChI=1S/C20H30BrClN2O3Si/c1-20(25)11-14(12-20)19-23-18-16(22)9-15(27-6-5-21)10-17(18)24(19)13-26-7-8-28(2,3)4/h9-10,14,25H,5-8,11-13H2,1-4H3. The molecule has 1 N–H and O–H groups in total. The van der Waals surface area contributed by atoms with Crippen molar-refractivity contribution in [2.24, 2.45) is 0 Å². The van der Waals surface area contributed by atoms with Gasteiger partial charge in [-0.3, -0.25) is 0 Å². The number of hydrogen-bond acceptors (Lipinski definition) is 4. The average molecular weight is 490 g/mol. The average Bonchev–Trinajstić information content (AvgIpc) is 2.92. The molecule has 5 nitrogen and oxygen atoms in total. The van der Waals surface area contributed by atoms with Gasteiger partial charge in [-0.2, -0.15) is 0 Å². The quantitative estimate of drug-likeness (QED) is 0.291. The predicted octanol–water partition coefficient (Wildman–Crippen LogP) is 5.40. The predicted molar refractivity (Wildman–Crippen MR) is 121 cm³/mol. The summed E-state index contributed by atoms with van der Waals surface area (Å²) in [7, 11) is -1.14. The highest BCUT2D eigenvalue weighted by atomic mass is 79.9. The molecule has 156 valence electrons. The first-order valence-electron chi connectivity index (χ1n) is 9.78. The molecule has 0 atom stereocenters. The summed E-state index contributed by atoms with van der Waals surface area (Å²) >= 11 is 9.90. The lowest BCUT2D eigenvalue weighted by Crippen LogP contribution is -2.40. The zero-order chi connectivity index (χ0) is 20.5. The minimum Gasteiger partial charge on any atom is -0.493 e. The molecule has 0 spiro atoms. The van der Waals surface area contributed by atoms with Crippen LogP contribution in [0.25, 0.3) is 11.0 Å². The van der Waals surface area contributed by atoms with Crippen molar-refractivity contribution in [1.82, 2.24) is 9.55 Å². The van der Waals surface area contributed by atoms with Crippen LogP contribution in [-0.2, 0) is 11.5 Å². The molecule has 1 heterocycles. The molecule has 3 rings (SSSR count). The van der Waals surface area contributed by atoms with Crippen LogP contribution in [0.2, 0.25) is 30.7 Å². The minimum absolute atomic E-state index is 0.214. The maximum Gasteiger partial charge on any atom is 0.124 e. The van der Waals surface area contributed by atoms with Crippen LogP contribution >= 0.6 is 27.5 Å². The number of hydrogen-bond donors (Lipinski definition) is 1. The molecule has 0 saturated heterocycles. The Morgan fingerprint density at radius 1 is 1.32 bits per heavy atom. The summed E-state index contributed by atoms with van der Waals surface area (Å²) in [5.41, 5.74) is 1.08. The summed E-state index contributed by atoms with van der Waals surface area (Å²) in [6.07, 6.45) is 1.41. The van der Waals surface area contributed by atoms with E-state index in [1.807, 2.05) is 19.1 Å². The van der Waals surface area contributed by atoms with Crippen molar-refractivity contribution in [2.45, 2.75) is 63.7 Å². The van der Waals surface area contributed by atoms with Crippen LogP contribution in [0.5, 0.6) is 5.75 Å². The van der Waals surface area contributed by atoms with E-state index in [1.165, 1.54) is 0 Å². The Balaban J connectivity index is 1.89. The molecular formula is C20H30BrClN2O3Si. The fraction of sp³-hybridized carbons (Fsp3) is 0.650. The first-order valence-corrected chi connectivity index (χ1v) is 15.0. The minimum atomic E-state index is -1.14. The van der Waals surface area contributed by atoms with E-state index in [0.29, 0.717) is 31.2 Å². The zero-order valence-corrected chi connectivity index (χ0v) is 20.4. The number of alkyl halides is 1. The highest BCUT2D eigenvalue weighted by Crippen LogP contribution is 2.45. The summed E-state index contributed by atoms with van der Waals surface area (Å²) in [6, 6.07) is 4.92. The largest absolute Gasteiger partial charge is 0.493 e. The van der Waals surface area contributed by atoms with E-state index in [4.69, 9.17) is 26.1 Å². The van der Waals surface area contributed by atoms with Gasteiger partial charge in [0.1, 0.15) is 23.8 Å². The van der Waals surface area contributed by atoms with Crippen LogP contribution in [0.15, 0.2) is 12.1 Å². The maximum absolute atomic E-state index is 10.2. The fourth-order valence-corrected chi connectivity index (χ4v) is 4.75. The van der Waals surface area contributed by atoms with Gasteiger partial charge in [-0.1, -0.05) is 47.2 Å². The van der Waals surface area contributed by atoms with Crippen molar-refractivity contribution in [3.63, 3.8) is 0 Å². The highest BCUT2D eigenvalue weighted by Gasteiger charge is 2.42. The number of aliphatic hydroxyl groups is 1. The van der Waals surface area contributed by atoms with Gasteiger partial charge in [0.25, 0.3) is 0 Å². The second kappa shape index (κ2) is 8.64. The van der Waals surface area contributed by atoms with E-state index in [9.17, 15) is 5.11 Å². The van der Waals surface area contributed by atoms with Crippen molar-refractivity contribution < 1.29 is 14.6 Å². The maximum atomic E-state index is 10.2. The van der Waals surface area contributed by atoms with Crippen LogP contribution in [0.1, 0.15) is 31.5 Å². The van der Waals surface area contributed by atoms with Crippen LogP contribution in [0.4, 0.5) is 0 Å². The first-order chi connectivity index (χ1) is 13.1. The van der Waals surface area contributed by atoms with Crippen molar-refractivity contribution in [2.75, 3.05) is 18.5 Å². The number of imidazole rings is 1.